The van der Waals surface area contributed by atoms with Gasteiger partial charge in [-0.05, 0) is 48.0 Å². The Morgan fingerprint density at radius 1 is 0.848 bits per heavy atom. The molecule has 3 aromatic carbocycles. The van der Waals surface area contributed by atoms with Crippen molar-refractivity contribution in [2.75, 3.05) is 10.2 Å². The Balaban J connectivity index is 1.45. The van der Waals surface area contributed by atoms with Gasteiger partial charge in [0, 0.05) is 22.8 Å². The number of nitrogens with one attached hydrogen (secondary N) is 2. The summed E-state index contributed by atoms with van der Waals surface area (Å²) in [6.07, 6.45) is 0. The van der Waals surface area contributed by atoms with Crippen LogP contribution < -0.4 is 15.5 Å². The van der Waals surface area contributed by atoms with Crippen LogP contribution in [-0.4, -0.2) is 17.7 Å². The highest BCUT2D eigenvalue weighted by Gasteiger charge is 2.39. The molecule has 1 heterocycles. The number of hydrogen-bond acceptors (Lipinski definition) is 4. The summed E-state index contributed by atoms with van der Waals surface area (Å²) in [5.41, 5.74) is 2.00. The van der Waals surface area contributed by atoms with E-state index in [9.17, 15) is 14.4 Å². The smallest absolute Gasteiger partial charge is 0.283 e. The van der Waals surface area contributed by atoms with E-state index in [1.807, 2.05) is 30.3 Å². The maximum atomic E-state index is 12.9. The minimum absolute atomic E-state index is 0.0889. The highest BCUT2D eigenvalue weighted by molar-refractivity contribution is 6.53. The number of halogens is 3. The average molecular weight is 501 g/mol. The fourth-order valence-corrected chi connectivity index (χ4v) is 3.93. The van der Waals surface area contributed by atoms with Crippen molar-refractivity contribution in [3.63, 3.8) is 0 Å². The molecule has 0 atom stereocenters. The van der Waals surface area contributed by atoms with Gasteiger partial charge in [0.05, 0.1) is 10.7 Å². The molecule has 6 nitrogen and oxygen atoms in total. The van der Waals surface area contributed by atoms with E-state index in [-0.39, 0.29) is 27.3 Å². The van der Waals surface area contributed by atoms with Crippen LogP contribution in [0.2, 0.25) is 10.0 Å². The first-order valence-corrected chi connectivity index (χ1v) is 10.9. The van der Waals surface area contributed by atoms with Crippen molar-refractivity contribution < 1.29 is 14.4 Å². The monoisotopic (exact) mass is 499 g/mol. The molecule has 4 rings (SSSR count). The Bertz CT molecular complexity index is 1280. The Labute approximate surface area is 204 Å². The van der Waals surface area contributed by atoms with Gasteiger partial charge >= 0.3 is 0 Å². The van der Waals surface area contributed by atoms with Crippen LogP contribution in [0, 0.1) is 0 Å². The highest BCUT2D eigenvalue weighted by Crippen LogP contribution is 2.35. The molecule has 1 aliphatic rings. The van der Waals surface area contributed by atoms with Gasteiger partial charge in [-0.3, -0.25) is 14.4 Å². The molecule has 3 aromatic rings. The number of nitrogens with zero attached hydrogens (tertiary/aromatic N) is 1. The third-order valence-electron chi connectivity index (χ3n) is 4.89. The number of rotatable bonds is 6. The van der Waals surface area contributed by atoms with Crippen molar-refractivity contribution in [1.29, 1.82) is 0 Å². The van der Waals surface area contributed by atoms with Crippen LogP contribution in [0.4, 0.5) is 11.4 Å². The average Bonchev–Trinajstić information content (AvgIpc) is 3.02. The summed E-state index contributed by atoms with van der Waals surface area (Å²) in [5.74, 6) is -1.59. The first kappa shape index (κ1) is 22.9. The maximum Gasteiger partial charge on any atom is 0.283 e. The minimum Gasteiger partial charge on any atom is -0.350 e. The molecule has 1 aliphatic heterocycles. The van der Waals surface area contributed by atoms with Crippen LogP contribution >= 0.6 is 34.8 Å². The first-order valence-electron chi connectivity index (χ1n) is 9.78. The molecule has 0 bridgehead atoms. The molecule has 0 unspecified atom stereocenters. The number of imide groups is 1. The molecule has 9 heteroatoms. The molecule has 0 aliphatic carbocycles. The van der Waals surface area contributed by atoms with E-state index in [1.54, 1.807) is 24.3 Å². The van der Waals surface area contributed by atoms with Gasteiger partial charge < -0.3 is 10.6 Å². The standard InChI is InChI=1S/C24H16Cl3N3O3/c25-16-8-11-19(18(26)12-16)30-23(32)20(27)21(24(30)33)29-17-9-6-15(7-10-17)22(31)28-13-14-4-2-1-3-5-14/h1-12,29H,13H2,(H,28,31). The SMILES string of the molecule is O=C(NCc1ccccc1)c1ccc(NC2=C(Cl)C(=O)N(c3ccc(Cl)cc3Cl)C2=O)cc1. The lowest BCUT2D eigenvalue weighted by molar-refractivity contribution is -0.120. The number of anilines is 2. The van der Waals surface area contributed by atoms with Gasteiger partial charge in [-0.2, -0.15) is 0 Å². The second kappa shape index (κ2) is 9.67. The lowest BCUT2D eigenvalue weighted by atomic mass is 10.1. The number of benzene rings is 3. The topological polar surface area (TPSA) is 78.5 Å². The van der Waals surface area contributed by atoms with E-state index in [0.717, 1.165) is 10.5 Å². The van der Waals surface area contributed by atoms with Crippen LogP contribution in [-0.2, 0) is 16.1 Å². The van der Waals surface area contributed by atoms with Crippen LogP contribution in [0.15, 0.2) is 83.5 Å². The zero-order valence-electron chi connectivity index (χ0n) is 16.9. The molecule has 0 aromatic heterocycles. The summed E-state index contributed by atoms with van der Waals surface area (Å²) in [6, 6.07) is 20.4. The summed E-state index contributed by atoms with van der Waals surface area (Å²) in [7, 11) is 0. The summed E-state index contributed by atoms with van der Waals surface area (Å²) in [6.45, 7) is 0.405. The van der Waals surface area contributed by atoms with E-state index in [1.165, 1.54) is 18.2 Å². The third-order valence-corrected chi connectivity index (χ3v) is 5.78. The predicted octanol–water partition coefficient (Wildman–Crippen LogP) is 5.36. The van der Waals surface area contributed by atoms with Crippen LogP contribution in [0.25, 0.3) is 0 Å². The predicted molar refractivity (Wildman–Crippen MR) is 130 cm³/mol. The molecule has 0 saturated carbocycles. The van der Waals surface area contributed by atoms with E-state index in [2.05, 4.69) is 10.6 Å². The van der Waals surface area contributed by atoms with Crippen molar-refractivity contribution >= 4 is 63.9 Å². The van der Waals surface area contributed by atoms with Gasteiger partial charge in [-0.1, -0.05) is 65.1 Å². The van der Waals surface area contributed by atoms with Gasteiger partial charge in [0.1, 0.15) is 10.7 Å². The van der Waals surface area contributed by atoms with Gasteiger partial charge in [-0.15, -0.1) is 0 Å². The lowest BCUT2D eigenvalue weighted by Gasteiger charge is -2.16. The summed E-state index contributed by atoms with van der Waals surface area (Å²) < 4.78 is 0. The van der Waals surface area contributed by atoms with Crippen LogP contribution in [0.1, 0.15) is 15.9 Å². The van der Waals surface area contributed by atoms with E-state index in [0.29, 0.717) is 22.8 Å². The number of carbonyl (C=O) groups excluding carboxylic acids is 3. The van der Waals surface area contributed by atoms with Crippen LogP contribution in [0.5, 0.6) is 0 Å². The molecule has 3 amide bonds. The van der Waals surface area contributed by atoms with Crippen molar-refractivity contribution in [3.8, 4) is 0 Å². The second-order valence-corrected chi connectivity index (χ2v) is 8.32. The van der Waals surface area contributed by atoms with Gasteiger partial charge in [0.15, 0.2) is 0 Å². The zero-order chi connectivity index (χ0) is 23.5. The Hall–Kier alpha value is -3.32. The van der Waals surface area contributed by atoms with Gasteiger partial charge in [0.2, 0.25) is 0 Å². The Kier molecular flexibility index (Phi) is 6.70. The van der Waals surface area contributed by atoms with E-state index < -0.39 is 11.8 Å². The largest absolute Gasteiger partial charge is 0.350 e. The molecule has 2 N–H and O–H groups in total. The number of carbonyl (C=O) groups is 3. The molecule has 0 saturated heterocycles. The van der Waals surface area contributed by atoms with Gasteiger partial charge in [0.25, 0.3) is 17.7 Å². The molecular weight excluding hydrogens is 485 g/mol. The molecule has 0 spiro atoms. The maximum absolute atomic E-state index is 12.9. The van der Waals surface area contributed by atoms with Crippen molar-refractivity contribution in [2.45, 2.75) is 6.54 Å². The molecule has 0 radical (unpaired) electrons. The third kappa shape index (κ3) is 4.88. The highest BCUT2D eigenvalue weighted by atomic mass is 35.5. The lowest BCUT2D eigenvalue weighted by Crippen LogP contribution is -2.32. The summed E-state index contributed by atoms with van der Waals surface area (Å²) in [5, 5.41) is 5.94. The Morgan fingerprint density at radius 3 is 2.21 bits per heavy atom. The first-order chi connectivity index (χ1) is 15.8. The molecular formula is C24H16Cl3N3O3. The van der Waals surface area contributed by atoms with Crippen molar-refractivity contribution in [1.82, 2.24) is 5.32 Å². The fourth-order valence-electron chi connectivity index (χ4n) is 3.22. The summed E-state index contributed by atoms with van der Waals surface area (Å²) in [4.78, 5) is 38.8. The normalized spacial score (nSPS) is 13.5. The molecule has 0 fully saturated rings. The van der Waals surface area contributed by atoms with E-state index >= 15 is 0 Å². The minimum atomic E-state index is -0.703. The summed E-state index contributed by atoms with van der Waals surface area (Å²) >= 11 is 18.2. The second-order valence-electron chi connectivity index (χ2n) is 7.10. The molecule has 166 valence electrons. The number of hydrogen-bond donors (Lipinski definition) is 2. The van der Waals surface area contributed by atoms with Crippen molar-refractivity contribution in [3.05, 3.63) is 105 Å². The zero-order valence-corrected chi connectivity index (χ0v) is 19.2. The van der Waals surface area contributed by atoms with Gasteiger partial charge in [-0.25, -0.2) is 4.90 Å². The quantitative estimate of drug-likeness (QED) is 0.447. The fraction of sp³-hybridized carbons (Fsp3) is 0.0417. The number of amides is 3. The van der Waals surface area contributed by atoms with E-state index in [4.69, 9.17) is 34.8 Å². The molecule has 33 heavy (non-hydrogen) atoms. The van der Waals surface area contributed by atoms with Crippen molar-refractivity contribution in [2.24, 2.45) is 0 Å². The van der Waals surface area contributed by atoms with Crippen LogP contribution in [0.3, 0.4) is 0 Å². The Morgan fingerprint density at radius 2 is 1.55 bits per heavy atom.